The number of imidazole rings is 2. The summed E-state index contributed by atoms with van der Waals surface area (Å²) in [5.74, 6) is 3.78. The van der Waals surface area contributed by atoms with Gasteiger partial charge in [0.2, 0.25) is 0 Å². The van der Waals surface area contributed by atoms with Gasteiger partial charge in [0, 0.05) is 0 Å². The summed E-state index contributed by atoms with van der Waals surface area (Å²) in [5.41, 5.74) is 17.7. The number of benzene rings is 8. The van der Waals surface area contributed by atoms with Crippen LogP contribution in [0.5, 0.6) is 0 Å². The molecule has 8 nitrogen and oxygen atoms in total. The van der Waals surface area contributed by atoms with E-state index >= 15 is 0 Å². The molecule has 14 rings (SSSR count). The number of nitrogens with zero attached hydrogens (tertiary/aromatic N) is 6. The highest BCUT2D eigenvalue weighted by molar-refractivity contribution is 6.89. The minimum atomic E-state index is -3.51. The van der Waals surface area contributed by atoms with E-state index in [2.05, 4.69) is 222 Å². The maximum atomic E-state index is 5.57. The summed E-state index contributed by atoms with van der Waals surface area (Å²) in [4.78, 5) is 11.1. The van der Waals surface area contributed by atoms with Gasteiger partial charge in [-0.2, -0.15) is 0 Å². The van der Waals surface area contributed by atoms with Gasteiger partial charge in [-0.3, -0.25) is 17.6 Å². The lowest BCUT2D eigenvalue weighted by Gasteiger charge is -2.40. The second-order valence-corrected chi connectivity index (χ2v) is 19.1. The summed E-state index contributed by atoms with van der Waals surface area (Å²) < 4.78 is 10.3. The molecule has 0 fully saturated rings. The van der Waals surface area contributed by atoms with Gasteiger partial charge in [0.1, 0.15) is 11.6 Å². The largest absolute Gasteiger partial charge is 0.526 e. The molecule has 1 spiro atoms. The second kappa shape index (κ2) is 12.0. The number of hydrogen-bond acceptors (Lipinski definition) is 6. The zero-order valence-electron chi connectivity index (χ0n) is 32.7. The van der Waals surface area contributed by atoms with Crippen molar-refractivity contribution >= 4 is 53.5 Å². The molecule has 9 heteroatoms. The van der Waals surface area contributed by atoms with E-state index in [4.69, 9.17) is 9.97 Å². The van der Waals surface area contributed by atoms with Crippen molar-refractivity contribution in [1.29, 1.82) is 0 Å². The fraction of sp³-hybridized carbons (Fsp3) is 0. The molecule has 0 atom stereocenters. The molecule has 0 radical (unpaired) electrons. The van der Waals surface area contributed by atoms with E-state index in [1.807, 2.05) is 0 Å². The molecule has 286 valence electrons. The van der Waals surface area contributed by atoms with Crippen LogP contribution in [0.25, 0.3) is 78.2 Å². The predicted molar refractivity (Wildman–Crippen MR) is 249 cm³/mol. The lowest BCUT2D eigenvalue weighted by molar-refractivity contribution is 1.04. The van der Waals surface area contributed by atoms with Crippen LogP contribution in [0, 0.1) is 0 Å². The molecule has 0 aliphatic carbocycles. The minimum absolute atomic E-state index is 0.869. The third-order valence-electron chi connectivity index (χ3n) is 12.8. The molecule has 0 amide bonds. The molecule has 4 aliphatic heterocycles. The van der Waals surface area contributed by atoms with Crippen molar-refractivity contribution in [2.24, 2.45) is 0 Å². The van der Waals surface area contributed by atoms with Crippen LogP contribution in [0.1, 0.15) is 0 Å². The maximum absolute atomic E-state index is 5.57. The standard InChI is InChI=1S/C52H34N8Si/c1-5-13-33(14-6-1)37-21-25-45-41(29-37)53-49-50-54-42-30-38(34-15-7-2-8-16-34)22-26-46(42)58(50)61(57(45)49)59-47-27-23-39(35-17-9-3-10-18-35)31-43(47)55-51(59)52-56-44-32-40(24-28-48(44)60(52)61)36-19-11-4-12-20-36/h1-32,53-54H. The lowest BCUT2D eigenvalue weighted by atomic mass is 10.0. The molecule has 0 saturated carbocycles. The Morgan fingerprint density at radius 3 is 1.07 bits per heavy atom. The van der Waals surface area contributed by atoms with Gasteiger partial charge in [-0.05, 0) is 93.0 Å². The highest BCUT2D eigenvalue weighted by Crippen LogP contribution is 2.58. The Balaban J connectivity index is 1.07. The third-order valence-corrected chi connectivity index (χ3v) is 17.0. The minimum Gasteiger partial charge on any atom is -0.337 e. The zero-order chi connectivity index (χ0) is 39.8. The summed E-state index contributed by atoms with van der Waals surface area (Å²) in [7, 11) is -3.51. The number of nitrogens with one attached hydrogen (secondary N) is 2. The van der Waals surface area contributed by atoms with Crippen molar-refractivity contribution in [2.75, 3.05) is 19.8 Å². The monoisotopic (exact) mass is 798 g/mol. The topological polar surface area (TPSA) is 66.2 Å². The van der Waals surface area contributed by atoms with Crippen molar-refractivity contribution in [3.8, 4) is 56.2 Å². The average molecular weight is 799 g/mol. The zero-order valence-corrected chi connectivity index (χ0v) is 33.7. The molecule has 10 aromatic rings. The van der Waals surface area contributed by atoms with Gasteiger partial charge < -0.3 is 10.6 Å². The predicted octanol–water partition coefficient (Wildman–Crippen LogP) is 11.9. The van der Waals surface area contributed by atoms with Crippen LogP contribution in [0.4, 0.5) is 22.7 Å². The maximum Gasteiger partial charge on any atom is 0.526 e. The van der Waals surface area contributed by atoms with Crippen molar-refractivity contribution in [3.05, 3.63) is 206 Å². The van der Waals surface area contributed by atoms with Crippen molar-refractivity contribution in [3.63, 3.8) is 0 Å². The van der Waals surface area contributed by atoms with E-state index in [1.165, 1.54) is 11.1 Å². The highest BCUT2D eigenvalue weighted by atomic mass is 28.4. The Labute approximate surface area is 352 Å². The molecular formula is C52H34N8Si. The summed E-state index contributed by atoms with van der Waals surface area (Å²) in [6.07, 6.45) is 0. The molecule has 8 aromatic carbocycles. The highest BCUT2D eigenvalue weighted by Gasteiger charge is 2.70. The molecule has 4 aliphatic rings. The number of anilines is 4. The molecule has 0 unspecified atom stereocenters. The van der Waals surface area contributed by atoms with Crippen molar-refractivity contribution in [1.82, 2.24) is 18.4 Å². The van der Waals surface area contributed by atoms with E-state index in [1.54, 1.807) is 0 Å². The van der Waals surface area contributed by atoms with Gasteiger partial charge in [-0.15, -0.1) is 0 Å². The summed E-state index contributed by atoms with van der Waals surface area (Å²) in [6.45, 7) is 0. The van der Waals surface area contributed by atoms with E-state index in [-0.39, 0.29) is 0 Å². The first kappa shape index (κ1) is 32.8. The first-order chi connectivity index (χ1) is 30.2. The van der Waals surface area contributed by atoms with Crippen LogP contribution < -0.4 is 19.8 Å². The molecule has 0 saturated heterocycles. The Morgan fingerprint density at radius 2 is 0.689 bits per heavy atom. The third kappa shape index (κ3) is 4.36. The van der Waals surface area contributed by atoms with Crippen molar-refractivity contribution in [2.45, 2.75) is 0 Å². The molecule has 0 bridgehead atoms. The normalized spacial score (nSPS) is 14.8. The summed E-state index contributed by atoms with van der Waals surface area (Å²) in [5, 5.41) is 7.96. The average Bonchev–Trinajstić information content (AvgIpc) is 4.16. The SMILES string of the molecule is c1ccc(-c2ccc3c(c2)NC2=C4Nc5cc(-c6ccccc6)ccc5N4[Si]4(N23)n2c(nc3cc(-c5ccccc5)ccc32)-c2nc3cc(-c5ccccc5)ccc3n24)cc1. The van der Waals surface area contributed by atoms with E-state index < -0.39 is 8.72 Å². The first-order valence-electron chi connectivity index (χ1n) is 20.7. The number of aromatic nitrogens is 4. The van der Waals surface area contributed by atoms with Crippen LogP contribution in [0.2, 0.25) is 0 Å². The van der Waals surface area contributed by atoms with E-state index in [0.29, 0.717) is 0 Å². The van der Waals surface area contributed by atoms with E-state index in [0.717, 1.165) is 101 Å². The smallest absolute Gasteiger partial charge is 0.337 e. The van der Waals surface area contributed by atoms with Crippen LogP contribution in [-0.4, -0.2) is 27.2 Å². The number of hydrogen-bond donors (Lipinski definition) is 2. The van der Waals surface area contributed by atoms with Gasteiger partial charge in [-0.25, -0.2) is 9.97 Å². The first-order valence-corrected chi connectivity index (χ1v) is 22.5. The van der Waals surface area contributed by atoms with Gasteiger partial charge in [0.15, 0.2) is 11.6 Å². The molecular weight excluding hydrogens is 765 g/mol. The molecule has 2 N–H and O–H groups in total. The van der Waals surface area contributed by atoms with Gasteiger partial charge in [0.05, 0.1) is 44.8 Å². The Hall–Kier alpha value is -8.14. The van der Waals surface area contributed by atoms with Crippen LogP contribution in [0.3, 0.4) is 0 Å². The summed E-state index contributed by atoms with van der Waals surface area (Å²) in [6, 6.07) is 69.6. The van der Waals surface area contributed by atoms with Gasteiger partial charge in [0.25, 0.3) is 0 Å². The molecule has 2 aromatic heterocycles. The fourth-order valence-corrected chi connectivity index (χ4v) is 15.2. The van der Waals surface area contributed by atoms with Crippen LogP contribution in [-0.2, 0) is 0 Å². The van der Waals surface area contributed by atoms with Crippen LogP contribution >= 0.6 is 0 Å². The Morgan fingerprint density at radius 1 is 0.344 bits per heavy atom. The Bertz CT molecular complexity index is 3250. The lowest BCUT2D eigenvalue weighted by Crippen LogP contribution is -2.69. The summed E-state index contributed by atoms with van der Waals surface area (Å²) >= 11 is 0. The van der Waals surface area contributed by atoms with Gasteiger partial charge in [-0.1, -0.05) is 146 Å². The number of rotatable bonds is 4. The quantitative estimate of drug-likeness (QED) is 0.173. The molecule has 6 heterocycles. The Kier molecular flexibility index (Phi) is 6.43. The van der Waals surface area contributed by atoms with Gasteiger partial charge >= 0.3 is 8.72 Å². The number of fused-ring (bicyclic) bond motifs is 17. The fourth-order valence-electron chi connectivity index (χ4n) is 10.1. The second-order valence-electron chi connectivity index (χ2n) is 16.1. The van der Waals surface area contributed by atoms with Crippen molar-refractivity contribution < 1.29 is 0 Å². The molecule has 61 heavy (non-hydrogen) atoms. The van der Waals surface area contributed by atoms with Crippen LogP contribution in [0.15, 0.2) is 206 Å². The van der Waals surface area contributed by atoms with E-state index in [9.17, 15) is 0 Å².